The Morgan fingerprint density at radius 1 is 0.853 bits per heavy atom. The van der Waals surface area contributed by atoms with Crippen molar-refractivity contribution in [1.29, 1.82) is 0 Å². The largest absolute Gasteiger partial charge is 0.457 e. The molecule has 0 aliphatic rings. The molecule has 5 aromatic rings. The van der Waals surface area contributed by atoms with E-state index in [1.807, 2.05) is 84.9 Å². The summed E-state index contributed by atoms with van der Waals surface area (Å²) in [4.78, 5) is 20.2. The van der Waals surface area contributed by atoms with Gasteiger partial charge >= 0.3 is 0 Å². The van der Waals surface area contributed by atoms with Crippen molar-refractivity contribution in [2.75, 3.05) is 11.1 Å². The second-order valence-electron chi connectivity index (χ2n) is 7.87. The first-order chi connectivity index (χ1) is 16.6. The molecule has 1 aromatic heterocycles. The van der Waals surface area contributed by atoms with E-state index in [4.69, 9.17) is 10.5 Å². The number of hydrogen-bond acceptors (Lipinski definition) is 5. The van der Waals surface area contributed by atoms with Gasteiger partial charge in [0.25, 0.3) is 0 Å². The Labute approximate surface area is 197 Å². The Morgan fingerprint density at radius 3 is 2.38 bits per heavy atom. The molecule has 34 heavy (non-hydrogen) atoms. The maximum Gasteiger partial charge on any atom is 0.221 e. The zero-order chi connectivity index (χ0) is 23.5. The van der Waals surface area contributed by atoms with E-state index in [0.29, 0.717) is 11.4 Å². The third-order valence-electron chi connectivity index (χ3n) is 5.47. The molecule has 0 bridgehead atoms. The molecular weight excluding hydrogens is 424 g/mol. The van der Waals surface area contributed by atoms with Gasteiger partial charge in [0.1, 0.15) is 17.8 Å². The fraction of sp³-hybridized carbons (Fsp3) is 0.0357. The van der Waals surface area contributed by atoms with E-state index < -0.39 is 0 Å². The molecule has 6 nitrogen and oxygen atoms in total. The molecule has 0 atom stereocenters. The standard InChI is InChI=1S/C28H22N4O2/c1-18(33)32-21-7-5-6-20(14-21)25-15-24(27(29)26-16-30-17-31-28(25)26)19-10-12-23(13-11-19)34-22-8-3-2-4-9-22/h2-17H,29H2,1H3,(H,32,33). The number of carbonyl (C=O) groups is 1. The zero-order valence-corrected chi connectivity index (χ0v) is 18.5. The number of fused-ring (bicyclic) bond motifs is 1. The maximum absolute atomic E-state index is 11.5. The van der Waals surface area contributed by atoms with Crippen LogP contribution in [0.4, 0.5) is 11.4 Å². The van der Waals surface area contributed by atoms with Crippen molar-refractivity contribution in [3.63, 3.8) is 0 Å². The number of carbonyl (C=O) groups excluding carboxylic acids is 1. The smallest absolute Gasteiger partial charge is 0.221 e. The zero-order valence-electron chi connectivity index (χ0n) is 18.5. The lowest BCUT2D eigenvalue weighted by Gasteiger charge is -2.15. The predicted octanol–water partition coefficient (Wildman–Crippen LogP) is 6.30. The van der Waals surface area contributed by atoms with E-state index in [2.05, 4.69) is 15.3 Å². The van der Waals surface area contributed by atoms with Gasteiger partial charge in [-0.1, -0.05) is 42.5 Å². The quantitative estimate of drug-likeness (QED) is 0.309. The van der Waals surface area contributed by atoms with Gasteiger partial charge in [-0.15, -0.1) is 0 Å². The van der Waals surface area contributed by atoms with Gasteiger partial charge in [-0.2, -0.15) is 0 Å². The second-order valence-corrected chi connectivity index (χ2v) is 7.87. The molecule has 0 spiro atoms. The summed E-state index contributed by atoms with van der Waals surface area (Å²) in [5.41, 5.74) is 12.3. The first-order valence-corrected chi connectivity index (χ1v) is 10.8. The molecule has 4 aromatic carbocycles. The third kappa shape index (κ3) is 4.29. The first-order valence-electron chi connectivity index (χ1n) is 10.8. The fourth-order valence-electron chi connectivity index (χ4n) is 3.93. The minimum atomic E-state index is -0.125. The molecule has 0 saturated carbocycles. The molecule has 0 fully saturated rings. The highest BCUT2D eigenvalue weighted by Crippen LogP contribution is 2.39. The Morgan fingerprint density at radius 2 is 1.62 bits per heavy atom. The monoisotopic (exact) mass is 446 g/mol. The number of amides is 1. The number of hydrogen-bond donors (Lipinski definition) is 2. The summed E-state index contributed by atoms with van der Waals surface area (Å²) in [6.07, 6.45) is 3.24. The molecule has 0 aliphatic heterocycles. The normalized spacial score (nSPS) is 10.7. The molecule has 0 aliphatic carbocycles. The van der Waals surface area contributed by atoms with Crippen molar-refractivity contribution < 1.29 is 9.53 Å². The summed E-state index contributed by atoms with van der Waals surface area (Å²) in [5, 5.41) is 3.60. The number of rotatable bonds is 5. The minimum Gasteiger partial charge on any atom is -0.457 e. The van der Waals surface area contributed by atoms with Gasteiger partial charge in [0.15, 0.2) is 0 Å². The fourth-order valence-corrected chi connectivity index (χ4v) is 3.93. The van der Waals surface area contributed by atoms with Gasteiger partial charge < -0.3 is 15.8 Å². The molecular formula is C28H22N4O2. The van der Waals surface area contributed by atoms with Crippen molar-refractivity contribution in [3.05, 3.63) is 97.5 Å². The number of nitrogens with two attached hydrogens (primary N) is 1. The van der Waals surface area contributed by atoms with Gasteiger partial charge in [-0.05, 0) is 53.6 Å². The van der Waals surface area contributed by atoms with Crippen molar-refractivity contribution >= 4 is 28.2 Å². The van der Waals surface area contributed by atoms with Crippen molar-refractivity contribution in [3.8, 4) is 33.8 Å². The Bertz CT molecular complexity index is 1480. The highest BCUT2D eigenvalue weighted by Gasteiger charge is 2.15. The Kier molecular flexibility index (Phi) is 5.62. The predicted molar refractivity (Wildman–Crippen MR) is 136 cm³/mol. The first kappa shape index (κ1) is 21.2. The van der Waals surface area contributed by atoms with E-state index in [1.165, 1.54) is 13.3 Å². The number of benzene rings is 4. The van der Waals surface area contributed by atoms with Crippen molar-refractivity contribution in [1.82, 2.24) is 9.97 Å². The van der Waals surface area contributed by atoms with Crippen LogP contribution in [0.15, 0.2) is 97.5 Å². The van der Waals surface area contributed by atoms with Crippen LogP contribution in [-0.2, 0) is 4.79 Å². The number of para-hydroxylation sites is 1. The van der Waals surface area contributed by atoms with E-state index in [-0.39, 0.29) is 5.91 Å². The lowest BCUT2D eigenvalue weighted by molar-refractivity contribution is -0.114. The third-order valence-corrected chi connectivity index (χ3v) is 5.47. The topological polar surface area (TPSA) is 90.1 Å². The number of nitrogens with one attached hydrogen (secondary N) is 1. The Hall–Kier alpha value is -4.71. The van der Waals surface area contributed by atoms with Crippen molar-refractivity contribution in [2.45, 2.75) is 6.92 Å². The summed E-state index contributed by atoms with van der Waals surface area (Å²) in [6, 6.07) is 27.2. The van der Waals surface area contributed by atoms with Crippen molar-refractivity contribution in [2.24, 2.45) is 0 Å². The number of anilines is 2. The van der Waals surface area contributed by atoms with Gasteiger partial charge in [0.2, 0.25) is 5.91 Å². The van der Waals surface area contributed by atoms with Crippen LogP contribution in [0.1, 0.15) is 6.92 Å². The van der Waals surface area contributed by atoms with Gasteiger partial charge in [0.05, 0.1) is 11.2 Å². The summed E-state index contributed by atoms with van der Waals surface area (Å²) < 4.78 is 5.92. The number of aromatic nitrogens is 2. The second kappa shape index (κ2) is 9.03. The van der Waals surface area contributed by atoms with Crippen LogP contribution in [0.5, 0.6) is 11.5 Å². The summed E-state index contributed by atoms with van der Waals surface area (Å²) in [6.45, 7) is 1.49. The molecule has 3 N–H and O–H groups in total. The van der Waals surface area contributed by atoms with Crippen LogP contribution in [0.2, 0.25) is 0 Å². The minimum absolute atomic E-state index is 0.125. The van der Waals surface area contributed by atoms with Crippen LogP contribution in [0.25, 0.3) is 33.2 Å². The van der Waals surface area contributed by atoms with E-state index in [1.54, 1.807) is 6.20 Å². The molecule has 6 heteroatoms. The molecule has 166 valence electrons. The lowest BCUT2D eigenvalue weighted by atomic mass is 9.94. The maximum atomic E-state index is 11.5. The Balaban J connectivity index is 1.59. The lowest BCUT2D eigenvalue weighted by Crippen LogP contribution is -2.05. The molecule has 0 saturated heterocycles. The molecule has 0 unspecified atom stereocenters. The SMILES string of the molecule is CC(=O)Nc1cccc(-c2cc(-c3ccc(Oc4ccccc4)cc3)c(N)c3cncnc23)c1. The van der Waals surface area contributed by atoms with E-state index in [0.717, 1.165) is 44.7 Å². The van der Waals surface area contributed by atoms with Gasteiger partial charge in [0, 0.05) is 35.3 Å². The molecule has 0 radical (unpaired) electrons. The number of nitrogens with zero attached hydrogens (tertiary/aromatic N) is 2. The highest BCUT2D eigenvalue weighted by atomic mass is 16.5. The summed E-state index contributed by atoms with van der Waals surface area (Å²) >= 11 is 0. The van der Waals surface area contributed by atoms with Crippen LogP contribution in [0.3, 0.4) is 0 Å². The average Bonchev–Trinajstić information content (AvgIpc) is 2.85. The van der Waals surface area contributed by atoms with Crippen LogP contribution in [0, 0.1) is 0 Å². The van der Waals surface area contributed by atoms with Gasteiger partial charge in [-0.3, -0.25) is 4.79 Å². The molecule has 1 amide bonds. The highest BCUT2D eigenvalue weighted by molar-refractivity contribution is 6.06. The van der Waals surface area contributed by atoms with E-state index >= 15 is 0 Å². The van der Waals surface area contributed by atoms with Crippen LogP contribution < -0.4 is 15.8 Å². The molecule has 5 rings (SSSR count). The number of ether oxygens (including phenoxy) is 1. The van der Waals surface area contributed by atoms with E-state index in [9.17, 15) is 4.79 Å². The van der Waals surface area contributed by atoms with Gasteiger partial charge in [-0.25, -0.2) is 9.97 Å². The summed E-state index contributed by atoms with van der Waals surface area (Å²) in [7, 11) is 0. The summed E-state index contributed by atoms with van der Waals surface area (Å²) in [5.74, 6) is 1.39. The van der Waals surface area contributed by atoms with Crippen LogP contribution in [-0.4, -0.2) is 15.9 Å². The van der Waals surface area contributed by atoms with Crippen LogP contribution >= 0.6 is 0 Å². The molecule has 1 heterocycles. The number of nitrogen functional groups attached to an aromatic ring is 1. The average molecular weight is 447 g/mol.